The number of para-hydroxylation sites is 1. The molecule has 2 aromatic carbocycles. The molecular formula is C25H33N3O5S. The number of benzene rings is 2. The van der Waals surface area contributed by atoms with E-state index in [0.717, 1.165) is 36.9 Å². The highest BCUT2D eigenvalue weighted by Crippen LogP contribution is 2.37. The lowest BCUT2D eigenvalue weighted by Gasteiger charge is -2.33. The number of aliphatic hydroxyl groups is 1. The van der Waals surface area contributed by atoms with Crippen LogP contribution in [0.4, 0.5) is 5.69 Å². The number of likely N-dealkylation sites (N-methyl/N-ethyl adjacent to an activating group) is 1. The van der Waals surface area contributed by atoms with E-state index in [9.17, 15) is 18.3 Å². The number of amides is 1. The Hall–Kier alpha value is -2.62. The molecule has 0 saturated carbocycles. The van der Waals surface area contributed by atoms with E-state index in [-0.39, 0.29) is 24.7 Å². The van der Waals surface area contributed by atoms with Crippen molar-refractivity contribution in [3.8, 4) is 5.75 Å². The average molecular weight is 488 g/mol. The number of carbonyl (C=O) groups excluding carboxylic acids is 1. The van der Waals surface area contributed by atoms with Gasteiger partial charge in [0.1, 0.15) is 5.75 Å². The van der Waals surface area contributed by atoms with Crippen LogP contribution in [0.3, 0.4) is 0 Å². The molecule has 2 aliphatic rings. The third kappa shape index (κ3) is 5.54. The first-order chi connectivity index (χ1) is 16.2. The zero-order valence-electron chi connectivity index (χ0n) is 19.8. The van der Waals surface area contributed by atoms with Gasteiger partial charge in [-0.15, -0.1) is 0 Å². The Balaban J connectivity index is 1.51. The molecule has 8 nitrogen and oxygen atoms in total. The number of nitrogens with zero attached hydrogens (tertiary/aromatic N) is 3. The van der Waals surface area contributed by atoms with E-state index < -0.39 is 10.0 Å². The first-order valence-corrected chi connectivity index (χ1v) is 13.5. The quantitative estimate of drug-likeness (QED) is 0.613. The normalized spacial score (nSPS) is 19.5. The van der Waals surface area contributed by atoms with Crippen LogP contribution < -0.4 is 9.04 Å². The summed E-state index contributed by atoms with van der Waals surface area (Å²) in [5.41, 5.74) is 2.46. The van der Waals surface area contributed by atoms with E-state index in [2.05, 4.69) is 4.90 Å². The third-order valence-electron chi connectivity index (χ3n) is 6.61. The van der Waals surface area contributed by atoms with Crippen LogP contribution in [0.2, 0.25) is 0 Å². The van der Waals surface area contributed by atoms with Crippen molar-refractivity contribution in [2.75, 3.05) is 50.4 Å². The summed E-state index contributed by atoms with van der Waals surface area (Å²) in [5.74, 6) is 0.205. The highest BCUT2D eigenvalue weighted by atomic mass is 32.2. The second-order valence-electron chi connectivity index (χ2n) is 9.12. The maximum absolute atomic E-state index is 13.2. The number of likely N-dealkylation sites (tertiary alicyclic amines) is 1. The first kappa shape index (κ1) is 24.5. The van der Waals surface area contributed by atoms with E-state index in [1.807, 2.05) is 42.5 Å². The molecule has 1 amide bonds. The van der Waals surface area contributed by atoms with Gasteiger partial charge in [-0.1, -0.05) is 42.5 Å². The summed E-state index contributed by atoms with van der Waals surface area (Å²) in [6.07, 6.45) is 3.11. The topological polar surface area (TPSA) is 90.4 Å². The Kier molecular flexibility index (Phi) is 7.45. The van der Waals surface area contributed by atoms with Crippen molar-refractivity contribution in [2.45, 2.75) is 31.4 Å². The predicted octanol–water partition coefficient (Wildman–Crippen LogP) is 2.04. The van der Waals surface area contributed by atoms with Gasteiger partial charge in [0.05, 0.1) is 24.1 Å². The monoisotopic (exact) mass is 487 g/mol. The largest absolute Gasteiger partial charge is 0.482 e. The summed E-state index contributed by atoms with van der Waals surface area (Å²) in [7, 11) is -1.69. The van der Waals surface area contributed by atoms with Crippen LogP contribution in [-0.2, 0) is 21.2 Å². The minimum Gasteiger partial charge on any atom is -0.482 e. The molecule has 2 atom stereocenters. The maximum atomic E-state index is 13.2. The number of aliphatic hydroxyl groups excluding tert-OH is 1. The lowest BCUT2D eigenvalue weighted by Crippen LogP contribution is -2.41. The average Bonchev–Trinajstić information content (AvgIpc) is 3.24. The number of sulfonamides is 1. The number of fused-ring (bicyclic) bond motifs is 1. The van der Waals surface area contributed by atoms with Crippen LogP contribution in [0.5, 0.6) is 5.75 Å². The van der Waals surface area contributed by atoms with Gasteiger partial charge in [-0.05, 0) is 36.5 Å². The summed E-state index contributed by atoms with van der Waals surface area (Å²) in [6, 6.07) is 15.1. The van der Waals surface area contributed by atoms with Crippen molar-refractivity contribution in [3.63, 3.8) is 0 Å². The van der Waals surface area contributed by atoms with Gasteiger partial charge >= 0.3 is 0 Å². The van der Waals surface area contributed by atoms with Gasteiger partial charge in [0.25, 0.3) is 5.91 Å². The van der Waals surface area contributed by atoms with E-state index in [4.69, 9.17) is 4.74 Å². The Bertz CT molecular complexity index is 1110. The fourth-order valence-electron chi connectivity index (χ4n) is 4.79. The summed E-state index contributed by atoms with van der Waals surface area (Å²) in [4.78, 5) is 17.1. The van der Waals surface area contributed by atoms with Crippen LogP contribution in [0.25, 0.3) is 0 Å². The van der Waals surface area contributed by atoms with Crippen molar-refractivity contribution in [1.29, 1.82) is 0 Å². The molecule has 1 fully saturated rings. The van der Waals surface area contributed by atoms with Crippen molar-refractivity contribution < 1.29 is 23.1 Å². The number of rotatable bonds is 8. The minimum atomic E-state index is -3.45. The Labute approximate surface area is 201 Å². The number of β-amino-alcohol motifs (C(OH)–C–C–N with tert-alkyl or cyclic N) is 1. The van der Waals surface area contributed by atoms with Crippen molar-refractivity contribution >= 4 is 21.6 Å². The number of anilines is 1. The summed E-state index contributed by atoms with van der Waals surface area (Å²) < 4.78 is 32.0. The van der Waals surface area contributed by atoms with Gasteiger partial charge in [0.2, 0.25) is 10.0 Å². The molecule has 0 aromatic heterocycles. The second-order valence-corrected chi connectivity index (χ2v) is 11.0. The number of ether oxygens (including phenoxy) is 1. The molecular weight excluding hydrogens is 454 g/mol. The SMILES string of the molecule is CN(C(=O)COc1cccc2c1N(S(C)(=O)=O)CCC2)C(CN1CC[C@H](O)C1)c1ccccc1. The third-order valence-corrected chi connectivity index (χ3v) is 7.78. The Morgan fingerprint density at radius 3 is 2.62 bits per heavy atom. The van der Waals surface area contributed by atoms with Crippen LogP contribution in [0.15, 0.2) is 48.5 Å². The number of carbonyl (C=O) groups is 1. The van der Waals surface area contributed by atoms with Gasteiger partial charge in [-0.3, -0.25) is 14.0 Å². The summed E-state index contributed by atoms with van der Waals surface area (Å²) in [6.45, 7) is 2.21. The van der Waals surface area contributed by atoms with Gasteiger partial charge in [-0.25, -0.2) is 8.42 Å². The summed E-state index contributed by atoms with van der Waals surface area (Å²) >= 11 is 0. The van der Waals surface area contributed by atoms with Crippen molar-refractivity contribution in [2.24, 2.45) is 0 Å². The molecule has 0 spiro atoms. The number of hydrogen-bond acceptors (Lipinski definition) is 6. The first-order valence-electron chi connectivity index (χ1n) is 11.7. The van der Waals surface area contributed by atoms with E-state index >= 15 is 0 Å². The molecule has 1 saturated heterocycles. The number of hydrogen-bond donors (Lipinski definition) is 1. The van der Waals surface area contributed by atoms with Gasteiger partial charge in [-0.2, -0.15) is 0 Å². The zero-order valence-corrected chi connectivity index (χ0v) is 20.6. The molecule has 2 heterocycles. The fraction of sp³-hybridized carbons (Fsp3) is 0.480. The molecule has 9 heteroatoms. The van der Waals surface area contributed by atoms with Crippen molar-refractivity contribution in [1.82, 2.24) is 9.80 Å². The van der Waals surface area contributed by atoms with Gasteiger partial charge in [0, 0.05) is 33.2 Å². The van der Waals surface area contributed by atoms with Gasteiger partial charge in [0.15, 0.2) is 6.61 Å². The lowest BCUT2D eigenvalue weighted by atomic mass is 10.0. The molecule has 34 heavy (non-hydrogen) atoms. The van der Waals surface area contributed by atoms with Crippen LogP contribution >= 0.6 is 0 Å². The molecule has 0 bridgehead atoms. The predicted molar refractivity (Wildman–Crippen MR) is 131 cm³/mol. The fourth-order valence-corrected chi connectivity index (χ4v) is 5.79. The van der Waals surface area contributed by atoms with E-state index in [0.29, 0.717) is 31.1 Å². The molecule has 4 rings (SSSR count). The van der Waals surface area contributed by atoms with Gasteiger partial charge < -0.3 is 14.7 Å². The molecule has 2 aromatic rings. The second kappa shape index (κ2) is 10.3. The minimum absolute atomic E-state index is 0.195. The van der Waals surface area contributed by atoms with E-state index in [1.165, 1.54) is 10.6 Å². The molecule has 184 valence electrons. The Morgan fingerprint density at radius 2 is 1.94 bits per heavy atom. The smallest absolute Gasteiger partial charge is 0.260 e. The molecule has 0 radical (unpaired) electrons. The summed E-state index contributed by atoms with van der Waals surface area (Å²) in [5, 5.41) is 9.93. The maximum Gasteiger partial charge on any atom is 0.260 e. The highest BCUT2D eigenvalue weighted by molar-refractivity contribution is 7.92. The van der Waals surface area contributed by atoms with Crippen LogP contribution in [-0.4, -0.2) is 81.4 Å². The molecule has 1 unspecified atom stereocenters. The van der Waals surface area contributed by atoms with Crippen LogP contribution in [0.1, 0.15) is 30.0 Å². The lowest BCUT2D eigenvalue weighted by molar-refractivity contribution is -0.134. The van der Waals surface area contributed by atoms with E-state index in [1.54, 1.807) is 18.0 Å². The number of aryl methyl sites for hydroxylation is 1. The zero-order chi connectivity index (χ0) is 24.3. The molecule has 0 aliphatic carbocycles. The Morgan fingerprint density at radius 1 is 1.18 bits per heavy atom. The molecule has 2 aliphatic heterocycles. The van der Waals surface area contributed by atoms with Crippen molar-refractivity contribution in [3.05, 3.63) is 59.7 Å². The van der Waals surface area contributed by atoms with Crippen LogP contribution in [0, 0.1) is 0 Å². The standard InChI is InChI=1S/C25H33N3O5S/c1-26(22(19-8-4-3-5-9-19)17-27-15-13-21(29)16-27)24(30)18-33-23-12-6-10-20-11-7-14-28(25(20)23)34(2,31)32/h3-6,8-10,12,21-22,29H,7,11,13-18H2,1-2H3/t21-,22?/m0/s1. The molecule has 1 N–H and O–H groups in total. The highest BCUT2D eigenvalue weighted by Gasteiger charge is 2.30.